The molecule has 7 heteroatoms. The van der Waals surface area contributed by atoms with Crippen molar-refractivity contribution < 1.29 is 14.7 Å². The number of aromatic nitrogens is 1. The maximum atomic E-state index is 12.1. The summed E-state index contributed by atoms with van der Waals surface area (Å²) in [5.74, 6) is -1.26. The number of hydrogen-bond donors (Lipinski definition) is 1. The molecule has 1 aromatic rings. The number of thiazole rings is 1. The number of rotatable bonds is 3. The Kier molecular flexibility index (Phi) is 3.81. The highest BCUT2D eigenvalue weighted by Crippen LogP contribution is 2.18. The molecular weight excluding hydrogens is 254 g/mol. The van der Waals surface area contributed by atoms with Crippen LogP contribution in [0.3, 0.4) is 0 Å². The van der Waals surface area contributed by atoms with Crippen molar-refractivity contribution in [2.24, 2.45) is 5.92 Å². The summed E-state index contributed by atoms with van der Waals surface area (Å²) in [6, 6.07) is -0.133. The maximum absolute atomic E-state index is 12.1. The molecule has 2 amide bonds. The number of hydrogen-bond acceptors (Lipinski definition) is 4. The first-order valence-corrected chi connectivity index (χ1v) is 6.62. The van der Waals surface area contributed by atoms with Gasteiger partial charge >= 0.3 is 12.0 Å². The predicted molar refractivity (Wildman–Crippen MR) is 66.3 cm³/mol. The topological polar surface area (TPSA) is 73.7 Å². The van der Waals surface area contributed by atoms with Gasteiger partial charge in [0.2, 0.25) is 0 Å². The van der Waals surface area contributed by atoms with E-state index < -0.39 is 11.9 Å². The van der Waals surface area contributed by atoms with Crippen molar-refractivity contribution in [1.82, 2.24) is 14.8 Å². The third kappa shape index (κ3) is 2.79. The van der Waals surface area contributed by atoms with Gasteiger partial charge in [-0.1, -0.05) is 0 Å². The van der Waals surface area contributed by atoms with Crippen LogP contribution in [0.4, 0.5) is 4.79 Å². The highest BCUT2D eigenvalue weighted by molar-refractivity contribution is 7.07. The van der Waals surface area contributed by atoms with Crippen LogP contribution in [0.25, 0.3) is 0 Å². The van der Waals surface area contributed by atoms with Crippen LogP contribution in [0.5, 0.6) is 0 Å². The standard InChI is InChI=1S/C11H15N3O3S/c1-13(5-9-6-18-7-12-9)11(17)14-3-2-8(4-14)10(15)16/h6-8H,2-5H2,1H3,(H,15,16). The second-order valence-electron chi connectivity index (χ2n) is 4.39. The van der Waals surface area contributed by atoms with Crippen molar-refractivity contribution >= 4 is 23.3 Å². The number of carboxylic acids is 1. The molecule has 1 N–H and O–H groups in total. The van der Waals surface area contributed by atoms with E-state index in [9.17, 15) is 9.59 Å². The minimum absolute atomic E-state index is 0.133. The molecule has 98 valence electrons. The number of urea groups is 1. The first kappa shape index (κ1) is 12.8. The van der Waals surface area contributed by atoms with Crippen molar-refractivity contribution in [3.8, 4) is 0 Å². The average molecular weight is 269 g/mol. The fraction of sp³-hybridized carbons (Fsp3) is 0.545. The number of likely N-dealkylation sites (tertiary alicyclic amines) is 1. The van der Waals surface area contributed by atoms with E-state index in [1.807, 2.05) is 5.38 Å². The van der Waals surface area contributed by atoms with E-state index >= 15 is 0 Å². The lowest BCUT2D eigenvalue weighted by Gasteiger charge is -2.23. The highest BCUT2D eigenvalue weighted by Gasteiger charge is 2.32. The Hall–Kier alpha value is -1.63. The Bertz CT molecular complexity index is 435. The molecule has 0 aliphatic carbocycles. The van der Waals surface area contributed by atoms with Gasteiger partial charge in [-0.15, -0.1) is 11.3 Å². The lowest BCUT2D eigenvalue weighted by molar-refractivity contribution is -0.141. The average Bonchev–Trinajstić information content (AvgIpc) is 2.98. The van der Waals surface area contributed by atoms with Crippen LogP contribution in [-0.4, -0.2) is 52.0 Å². The van der Waals surface area contributed by atoms with Crippen LogP contribution in [0.1, 0.15) is 12.1 Å². The number of aliphatic carboxylic acids is 1. The van der Waals surface area contributed by atoms with Crippen molar-refractivity contribution in [2.75, 3.05) is 20.1 Å². The lowest BCUT2D eigenvalue weighted by Crippen LogP contribution is -2.39. The molecule has 0 spiro atoms. The number of amides is 2. The van der Waals surface area contributed by atoms with Crippen molar-refractivity contribution in [3.63, 3.8) is 0 Å². The van der Waals surface area contributed by atoms with E-state index in [1.165, 1.54) is 11.3 Å². The predicted octanol–water partition coefficient (Wildman–Crippen LogP) is 1.10. The van der Waals surface area contributed by atoms with Gasteiger partial charge in [0.25, 0.3) is 0 Å². The van der Waals surface area contributed by atoms with Gasteiger partial charge in [-0.2, -0.15) is 0 Å². The zero-order valence-corrected chi connectivity index (χ0v) is 10.9. The quantitative estimate of drug-likeness (QED) is 0.891. The lowest BCUT2D eigenvalue weighted by atomic mass is 10.1. The van der Waals surface area contributed by atoms with E-state index in [-0.39, 0.29) is 6.03 Å². The van der Waals surface area contributed by atoms with E-state index in [1.54, 1.807) is 22.4 Å². The van der Waals surface area contributed by atoms with Gasteiger partial charge in [-0.3, -0.25) is 4.79 Å². The third-order valence-corrected chi connectivity index (χ3v) is 3.65. The number of carbonyl (C=O) groups excluding carboxylic acids is 1. The fourth-order valence-electron chi connectivity index (χ4n) is 2.00. The second-order valence-corrected chi connectivity index (χ2v) is 5.11. The molecule has 1 fully saturated rings. The molecule has 18 heavy (non-hydrogen) atoms. The molecule has 1 aliphatic rings. The van der Waals surface area contributed by atoms with E-state index in [2.05, 4.69) is 4.98 Å². The van der Waals surface area contributed by atoms with Gasteiger partial charge in [0.15, 0.2) is 0 Å². The summed E-state index contributed by atoms with van der Waals surface area (Å²) < 4.78 is 0. The smallest absolute Gasteiger partial charge is 0.320 e. The molecule has 0 radical (unpaired) electrons. The number of carboxylic acid groups (broad SMARTS) is 1. The molecule has 2 rings (SSSR count). The summed E-state index contributed by atoms with van der Waals surface area (Å²) in [5.41, 5.74) is 2.58. The largest absolute Gasteiger partial charge is 0.481 e. The molecule has 1 atom stereocenters. The molecule has 1 unspecified atom stereocenters. The third-order valence-electron chi connectivity index (χ3n) is 3.02. The van der Waals surface area contributed by atoms with Gasteiger partial charge in [0.1, 0.15) is 0 Å². The van der Waals surface area contributed by atoms with Crippen LogP contribution >= 0.6 is 11.3 Å². The summed E-state index contributed by atoms with van der Waals surface area (Å²) >= 11 is 1.49. The van der Waals surface area contributed by atoms with Gasteiger partial charge in [0.05, 0.1) is 23.7 Å². The molecule has 0 aromatic carbocycles. The summed E-state index contributed by atoms with van der Waals surface area (Å²) in [7, 11) is 1.70. The number of nitrogens with zero attached hydrogens (tertiary/aromatic N) is 3. The van der Waals surface area contributed by atoms with E-state index in [0.29, 0.717) is 26.1 Å². The molecule has 0 saturated carbocycles. The molecular formula is C11H15N3O3S. The van der Waals surface area contributed by atoms with Crippen molar-refractivity contribution in [2.45, 2.75) is 13.0 Å². The Morgan fingerprint density at radius 2 is 2.44 bits per heavy atom. The van der Waals surface area contributed by atoms with Gasteiger partial charge in [-0.25, -0.2) is 9.78 Å². The first-order chi connectivity index (χ1) is 8.58. The van der Waals surface area contributed by atoms with Gasteiger partial charge < -0.3 is 14.9 Å². The minimum Gasteiger partial charge on any atom is -0.481 e. The molecule has 1 aromatic heterocycles. The normalized spacial score (nSPS) is 18.9. The first-order valence-electron chi connectivity index (χ1n) is 5.68. The van der Waals surface area contributed by atoms with E-state index in [4.69, 9.17) is 5.11 Å². The Labute approximate surface area is 109 Å². The highest BCUT2D eigenvalue weighted by atomic mass is 32.1. The SMILES string of the molecule is CN(Cc1cscn1)C(=O)N1CCC(C(=O)O)C1. The molecule has 2 heterocycles. The fourth-order valence-corrected chi connectivity index (χ4v) is 2.55. The van der Waals surface area contributed by atoms with Crippen LogP contribution in [-0.2, 0) is 11.3 Å². The van der Waals surface area contributed by atoms with Crippen LogP contribution < -0.4 is 0 Å². The zero-order chi connectivity index (χ0) is 13.1. The van der Waals surface area contributed by atoms with Gasteiger partial charge in [0, 0.05) is 25.5 Å². The van der Waals surface area contributed by atoms with Gasteiger partial charge in [-0.05, 0) is 6.42 Å². The Balaban J connectivity index is 1.90. The summed E-state index contributed by atoms with van der Waals surface area (Å²) in [5, 5.41) is 10.8. The number of carbonyl (C=O) groups is 2. The summed E-state index contributed by atoms with van der Waals surface area (Å²) in [6.45, 7) is 1.27. The van der Waals surface area contributed by atoms with Crippen molar-refractivity contribution in [1.29, 1.82) is 0 Å². The van der Waals surface area contributed by atoms with Crippen LogP contribution in [0.15, 0.2) is 10.9 Å². The monoisotopic (exact) mass is 269 g/mol. The molecule has 1 saturated heterocycles. The Morgan fingerprint density at radius 3 is 3.00 bits per heavy atom. The Morgan fingerprint density at radius 1 is 1.67 bits per heavy atom. The molecule has 0 bridgehead atoms. The second kappa shape index (κ2) is 5.34. The van der Waals surface area contributed by atoms with Crippen molar-refractivity contribution in [3.05, 3.63) is 16.6 Å². The molecule has 1 aliphatic heterocycles. The molecule has 6 nitrogen and oxygen atoms in total. The van der Waals surface area contributed by atoms with E-state index in [0.717, 1.165) is 5.69 Å². The van der Waals surface area contributed by atoms with Crippen LogP contribution in [0, 0.1) is 5.92 Å². The minimum atomic E-state index is -0.826. The summed E-state index contributed by atoms with van der Waals surface area (Å²) in [4.78, 5) is 30.2. The zero-order valence-electron chi connectivity index (χ0n) is 10.1. The summed E-state index contributed by atoms with van der Waals surface area (Å²) in [6.07, 6.45) is 0.533. The van der Waals surface area contributed by atoms with Crippen LogP contribution in [0.2, 0.25) is 0 Å². The maximum Gasteiger partial charge on any atom is 0.320 e.